The highest BCUT2D eigenvalue weighted by Crippen LogP contribution is 2.30. The first-order valence-electron chi connectivity index (χ1n) is 10.1. The average Bonchev–Trinajstić information content (AvgIpc) is 3.27. The molecule has 1 amide bonds. The molecule has 0 atom stereocenters. The highest BCUT2D eigenvalue weighted by Gasteiger charge is 2.16. The summed E-state index contributed by atoms with van der Waals surface area (Å²) in [5, 5.41) is 3.45. The minimum atomic E-state index is -0.364. The van der Waals surface area contributed by atoms with E-state index in [2.05, 4.69) is 15.3 Å². The van der Waals surface area contributed by atoms with Crippen molar-refractivity contribution in [2.45, 2.75) is 13.1 Å². The lowest BCUT2D eigenvalue weighted by Gasteiger charge is -2.15. The second kappa shape index (κ2) is 9.70. The molecule has 10 heteroatoms. The molecular formula is C23H23N5O4S. The lowest BCUT2D eigenvalue weighted by Crippen LogP contribution is -2.27. The number of nitrogens with one attached hydrogen (secondary N) is 1. The predicted molar refractivity (Wildman–Crippen MR) is 128 cm³/mol. The zero-order valence-electron chi connectivity index (χ0n) is 18.4. The van der Waals surface area contributed by atoms with E-state index < -0.39 is 0 Å². The van der Waals surface area contributed by atoms with Gasteiger partial charge in [-0.1, -0.05) is 41.7 Å². The zero-order chi connectivity index (χ0) is 23.4. The Kier molecular flexibility index (Phi) is 6.55. The van der Waals surface area contributed by atoms with Gasteiger partial charge in [0, 0.05) is 25.3 Å². The SMILES string of the molecule is COc1ccc(NC(=O)Cn2cnc3nc(N(C)Cc4ccccc4)sc3c2=O)cc1OC. The minimum absolute atomic E-state index is 0.177. The van der Waals surface area contributed by atoms with Gasteiger partial charge in [-0.3, -0.25) is 14.2 Å². The molecule has 0 saturated heterocycles. The van der Waals surface area contributed by atoms with E-state index in [1.807, 2.05) is 42.3 Å². The number of carbonyl (C=O) groups excluding carboxylic acids is 1. The second-order valence-corrected chi connectivity index (χ2v) is 8.26. The Hall–Kier alpha value is -3.92. The molecule has 4 rings (SSSR count). The maximum Gasteiger partial charge on any atom is 0.273 e. The standard InChI is InChI=1S/C23H23N5O4S/c1-27(12-15-7-5-4-6-8-15)23-26-21-20(33-23)22(30)28(14-24-21)13-19(29)25-16-9-10-17(31-2)18(11-16)32-3/h4-11,14H,12-13H2,1-3H3,(H,25,29). The fourth-order valence-electron chi connectivity index (χ4n) is 3.31. The number of ether oxygens (including phenoxy) is 2. The third-order valence-corrected chi connectivity index (χ3v) is 6.09. The Balaban J connectivity index is 1.50. The fourth-order valence-corrected chi connectivity index (χ4v) is 4.23. The Morgan fingerprint density at radius 3 is 2.61 bits per heavy atom. The van der Waals surface area contributed by atoms with Gasteiger partial charge in [0.1, 0.15) is 17.6 Å². The van der Waals surface area contributed by atoms with Crippen molar-refractivity contribution in [3.8, 4) is 11.5 Å². The van der Waals surface area contributed by atoms with E-state index in [1.54, 1.807) is 18.2 Å². The number of anilines is 2. The van der Waals surface area contributed by atoms with Crippen LogP contribution in [0.4, 0.5) is 10.8 Å². The third kappa shape index (κ3) is 4.96. The number of nitrogens with zero attached hydrogens (tertiary/aromatic N) is 4. The van der Waals surface area contributed by atoms with Crippen LogP contribution in [0.5, 0.6) is 11.5 Å². The van der Waals surface area contributed by atoms with Crippen molar-refractivity contribution in [3.63, 3.8) is 0 Å². The van der Waals surface area contributed by atoms with E-state index in [1.165, 1.54) is 36.5 Å². The molecule has 2 heterocycles. The van der Waals surface area contributed by atoms with E-state index in [9.17, 15) is 9.59 Å². The highest BCUT2D eigenvalue weighted by molar-refractivity contribution is 7.22. The van der Waals surface area contributed by atoms with E-state index in [-0.39, 0.29) is 18.0 Å². The van der Waals surface area contributed by atoms with Crippen molar-refractivity contribution >= 4 is 38.4 Å². The topological polar surface area (TPSA) is 98.6 Å². The van der Waals surface area contributed by atoms with Gasteiger partial charge < -0.3 is 19.7 Å². The van der Waals surface area contributed by atoms with E-state index >= 15 is 0 Å². The van der Waals surface area contributed by atoms with Crippen molar-refractivity contribution in [1.82, 2.24) is 14.5 Å². The molecular weight excluding hydrogens is 442 g/mol. The number of benzene rings is 2. The number of hydrogen-bond acceptors (Lipinski definition) is 8. The molecule has 0 bridgehead atoms. The molecule has 0 fully saturated rings. The molecule has 4 aromatic rings. The van der Waals surface area contributed by atoms with Crippen LogP contribution in [-0.2, 0) is 17.9 Å². The van der Waals surface area contributed by atoms with Crippen LogP contribution in [0.25, 0.3) is 10.3 Å². The van der Waals surface area contributed by atoms with Crippen molar-refractivity contribution in [3.05, 3.63) is 70.8 Å². The summed E-state index contributed by atoms with van der Waals surface area (Å²) in [6, 6.07) is 15.0. The van der Waals surface area contributed by atoms with Gasteiger partial charge in [0.05, 0.1) is 14.2 Å². The van der Waals surface area contributed by atoms with Crippen molar-refractivity contribution in [2.75, 3.05) is 31.5 Å². The minimum Gasteiger partial charge on any atom is -0.493 e. The first-order chi connectivity index (χ1) is 16.0. The van der Waals surface area contributed by atoms with E-state index in [0.29, 0.717) is 39.2 Å². The van der Waals surface area contributed by atoms with Gasteiger partial charge in [0.25, 0.3) is 5.56 Å². The van der Waals surface area contributed by atoms with Gasteiger partial charge in [-0.15, -0.1) is 0 Å². The monoisotopic (exact) mass is 465 g/mol. The number of carbonyl (C=O) groups is 1. The summed E-state index contributed by atoms with van der Waals surface area (Å²) in [4.78, 5) is 36.2. The molecule has 2 aromatic heterocycles. The van der Waals surface area contributed by atoms with Gasteiger partial charge in [-0.25, -0.2) is 4.98 Å². The molecule has 0 aliphatic heterocycles. The molecule has 2 aromatic carbocycles. The lowest BCUT2D eigenvalue weighted by atomic mass is 10.2. The molecule has 0 aliphatic carbocycles. The van der Waals surface area contributed by atoms with E-state index in [0.717, 1.165) is 5.56 Å². The first kappa shape index (κ1) is 22.3. The van der Waals surface area contributed by atoms with Crippen molar-refractivity contribution < 1.29 is 14.3 Å². The molecule has 170 valence electrons. The van der Waals surface area contributed by atoms with E-state index in [4.69, 9.17) is 9.47 Å². The summed E-state index contributed by atoms with van der Waals surface area (Å²) in [5.41, 5.74) is 1.73. The zero-order valence-corrected chi connectivity index (χ0v) is 19.3. The number of aromatic nitrogens is 3. The van der Waals surface area contributed by atoms with Crippen LogP contribution in [0.1, 0.15) is 5.56 Å². The Morgan fingerprint density at radius 1 is 1.12 bits per heavy atom. The number of hydrogen-bond donors (Lipinski definition) is 1. The quantitative estimate of drug-likeness (QED) is 0.427. The fraction of sp³-hybridized carbons (Fsp3) is 0.217. The molecule has 0 saturated carbocycles. The average molecular weight is 466 g/mol. The predicted octanol–water partition coefficient (Wildman–Crippen LogP) is 3.15. The van der Waals surface area contributed by atoms with Crippen LogP contribution in [-0.4, -0.2) is 41.7 Å². The van der Waals surface area contributed by atoms with Crippen molar-refractivity contribution in [1.29, 1.82) is 0 Å². The largest absolute Gasteiger partial charge is 0.493 e. The van der Waals surface area contributed by atoms with Crippen LogP contribution in [0.3, 0.4) is 0 Å². The molecule has 0 radical (unpaired) electrons. The van der Waals surface area contributed by atoms with Crippen LogP contribution in [0.15, 0.2) is 59.7 Å². The van der Waals surface area contributed by atoms with Crippen LogP contribution >= 0.6 is 11.3 Å². The number of methoxy groups -OCH3 is 2. The number of rotatable bonds is 8. The summed E-state index contributed by atoms with van der Waals surface area (Å²) in [6.07, 6.45) is 1.35. The summed E-state index contributed by atoms with van der Waals surface area (Å²) >= 11 is 1.26. The summed E-state index contributed by atoms with van der Waals surface area (Å²) < 4.78 is 12.1. The maximum atomic E-state index is 13.0. The van der Waals surface area contributed by atoms with Crippen molar-refractivity contribution in [2.24, 2.45) is 0 Å². The Labute approximate surface area is 194 Å². The highest BCUT2D eigenvalue weighted by atomic mass is 32.1. The van der Waals surface area contributed by atoms with Crippen LogP contribution in [0, 0.1) is 0 Å². The van der Waals surface area contributed by atoms with Gasteiger partial charge in [-0.05, 0) is 17.7 Å². The Bertz CT molecular complexity index is 1340. The summed E-state index contributed by atoms with van der Waals surface area (Å²) in [5.74, 6) is 0.684. The third-order valence-electron chi connectivity index (χ3n) is 4.94. The maximum absolute atomic E-state index is 13.0. The Morgan fingerprint density at radius 2 is 1.88 bits per heavy atom. The summed E-state index contributed by atoms with van der Waals surface area (Å²) in [6.45, 7) is 0.478. The molecule has 0 spiro atoms. The van der Waals surface area contributed by atoms with Gasteiger partial charge >= 0.3 is 0 Å². The van der Waals surface area contributed by atoms with Crippen LogP contribution in [0.2, 0.25) is 0 Å². The lowest BCUT2D eigenvalue weighted by molar-refractivity contribution is -0.116. The molecule has 9 nitrogen and oxygen atoms in total. The van der Waals surface area contributed by atoms with Gasteiger partial charge in [-0.2, -0.15) is 4.98 Å². The smallest absolute Gasteiger partial charge is 0.273 e. The number of fused-ring (bicyclic) bond motifs is 1. The summed E-state index contributed by atoms with van der Waals surface area (Å²) in [7, 11) is 4.97. The first-order valence-corrected chi connectivity index (χ1v) is 10.9. The normalized spacial score (nSPS) is 10.8. The molecule has 33 heavy (non-hydrogen) atoms. The number of thiazole rings is 1. The van der Waals surface area contributed by atoms with Gasteiger partial charge in [0.2, 0.25) is 5.91 Å². The van der Waals surface area contributed by atoms with Gasteiger partial charge in [0.15, 0.2) is 22.3 Å². The second-order valence-electron chi connectivity index (χ2n) is 7.29. The molecule has 0 unspecified atom stereocenters. The van der Waals surface area contributed by atoms with Crippen LogP contribution < -0.4 is 25.2 Å². The molecule has 0 aliphatic rings. The number of amides is 1. The molecule has 1 N–H and O–H groups in total.